The van der Waals surface area contributed by atoms with E-state index in [1.54, 1.807) is 0 Å². The average Bonchev–Trinajstić information content (AvgIpc) is 3.88. The standard InChI is InChI=1S/C37H28N2.C19H15N.C7H8/c1-27-16-18-28(19-17-27)29-20-22-32(23-21-29)38(30-10-4-2-5-11-30)33-24-25-37-35(26-33)34-14-8-9-15-36(34)39(37)31-12-6-3-7-13-31;1-14-11-12-19-17(13-14)16-9-5-6-10-18(16)20(19)15-7-3-2-4-8-15;1-7-5-3-2-4-6-7/h2-26H,1H3;2-13H,1H3;2-6H,1H3. The molecule has 0 saturated carbocycles. The number of fused-ring (bicyclic) bond motifs is 6. The second-order valence-corrected chi connectivity index (χ2v) is 16.8. The first-order valence-electron chi connectivity index (χ1n) is 22.7. The van der Waals surface area contributed by atoms with E-state index in [-0.39, 0.29) is 0 Å². The van der Waals surface area contributed by atoms with Crippen LogP contribution >= 0.6 is 0 Å². The summed E-state index contributed by atoms with van der Waals surface area (Å²) in [6.45, 7) is 6.35. The normalized spacial score (nSPS) is 11.0. The molecule has 0 saturated heterocycles. The summed E-state index contributed by atoms with van der Waals surface area (Å²) >= 11 is 0. The molecule has 0 aliphatic rings. The maximum Gasteiger partial charge on any atom is 0.0542 e. The summed E-state index contributed by atoms with van der Waals surface area (Å²) < 4.78 is 4.70. The Labute approximate surface area is 387 Å². The summed E-state index contributed by atoms with van der Waals surface area (Å²) in [5, 5.41) is 5.13. The third kappa shape index (κ3) is 8.51. The van der Waals surface area contributed by atoms with Crippen LogP contribution in [0.15, 0.2) is 255 Å². The van der Waals surface area contributed by atoms with Crippen LogP contribution in [0.2, 0.25) is 0 Å². The molecule has 0 aliphatic carbocycles. The lowest BCUT2D eigenvalue weighted by molar-refractivity contribution is 1.18. The zero-order valence-electron chi connectivity index (χ0n) is 37.6. The van der Waals surface area contributed by atoms with Crippen molar-refractivity contribution in [1.82, 2.24) is 9.13 Å². The molecule has 0 atom stereocenters. The van der Waals surface area contributed by atoms with E-state index in [0.29, 0.717) is 0 Å². The summed E-state index contributed by atoms with van der Waals surface area (Å²) in [7, 11) is 0. The Bertz CT molecular complexity index is 3520. The molecule has 66 heavy (non-hydrogen) atoms. The zero-order valence-corrected chi connectivity index (χ0v) is 37.6. The van der Waals surface area contributed by atoms with Gasteiger partial charge in [0.15, 0.2) is 0 Å². The highest BCUT2D eigenvalue weighted by atomic mass is 15.1. The minimum Gasteiger partial charge on any atom is -0.310 e. The zero-order chi connectivity index (χ0) is 44.8. The van der Waals surface area contributed by atoms with E-state index in [0.717, 1.165) is 17.1 Å². The van der Waals surface area contributed by atoms with Crippen molar-refractivity contribution in [3.63, 3.8) is 0 Å². The van der Waals surface area contributed by atoms with Crippen LogP contribution in [0, 0.1) is 20.8 Å². The van der Waals surface area contributed by atoms with Crippen molar-refractivity contribution in [1.29, 1.82) is 0 Å². The maximum atomic E-state index is 2.36. The number of para-hydroxylation sites is 5. The highest BCUT2D eigenvalue weighted by Crippen LogP contribution is 2.40. The minimum absolute atomic E-state index is 1.13. The number of hydrogen-bond donors (Lipinski definition) is 0. The van der Waals surface area contributed by atoms with E-state index < -0.39 is 0 Å². The molecule has 0 N–H and O–H groups in total. The molecular weight excluding hydrogens is 799 g/mol. The quantitative estimate of drug-likeness (QED) is 0.162. The second kappa shape index (κ2) is 18.8. The molecule has 2 heterocycles. The number of nitrogens with zero attached hydrogens (tertiary/aromatic N) is 3. The van der Waals surface area contributed by atoms with E-state index in [2.05, 4.69) is 271 Å². The molecule has 318 valence electrons. The van der Waals surface area contributed by atoms with Crippen LogP contribution in [-0.2, 0) is 0 Å². The molecule has 3 heteroatoms. The van der Waals surface area contributed by atoms with Gasteiger partial charge in [-0.25, -0.2) is 0 Å². The van der Waals surface area contributed by atoms with Crippen LogP contribution in [0.5, 0.6) is 0 Å². The van der Waals surface area contributed by atoms with Gasteiger partial charge in [0.2, 0.25) is 0 Å². The fraction of sp³-hybridized carbons (Fsp3) is 0.0476. The van der Waals surface area contributed by atoms with Gasteiger partial charge in [0.05, 0.1) is 22.1 Å². The van der Waals surface area contributed by atoms with E-state index >= 15 is 0 Å². The highest BCUT2D eigenvalue weighted by Gasteiger charge is 2.17. The van der Waals surface area contributed by atoms with Crippen molar-refractivity contribution in [3.8, 4) is 22.5 Å². The SMILES string of the molecule is Cc1ccc(-c2ccc(N(c3ccccc3)c3ccc4c(c3)c3ccccc3n4-c3ccccc3)cc2)cc1.Cc1ccc2c(c1)c1ccccc1n2-c1ccccc1.Cc1ccccc1. The van der Waals surface area contributed by atoms with E-state index in [1.807, 2.05) is 18.2 Å². The monoisotopic (exact) mass is 849 g/mol. The van der Waals surface area contributed by atoms with E-state index in [4.69, 9.17) is 0 Å². The number of rotatable bonds is 6. The molecule has 0 bridgehead atoms. The van der Waals surface area contributed by atoms with Crippen LogP contribution in [0.1, 0.15) is 16.7 Å². The Balaban J connectivity index is 0.000000156. The number of anilines is 3. The average molecular weight is 850 g/mol. The van der Waals surface area contributed by atoms with Gasteiger partial charge in [-0.1, -0.05) is 180 Å². The van der Waals surface area contributed by atoms with Gasteiger partial charge in [-0.3, -0.25) is 0 Å². The topological polar surface area (TPSA) is 13.1 Å². The van der Waals surface area contributed by atoms with Crippen molar-refractivity contribution in [3.05, 3.63) is 271 Å². The Morgan fingerprint density at radius 1 is 0.258 bits per heavy atom. The van der Waals surface area contributed by atoms with Crippen LogP contribution in [-0.4, -0.2) is 9.13 Å². The van der Waals surface area contributed by atoms with Crippen LogP contribution in [0.4, 0.5) is 17.1 Å². The van der Waals surface area contributed by atoms with Crippen LogP contribution < -0.4 is 4.90 Å². The van der Waals surface area contributed by atoms with Crippen molar-refractivity contribution in [2.24, 2.45) is 0 Å². The first kappa shape index (κ1) is 41.6. The molecule has 0 amide bonds. The van der Waals surface area contributed by atoms with Crippen LogP contribution in [0.25, 0.3) is 66.1 Å². The lowest BCUT2D eigenvalue weighted by Gasteiger charge is -2.26. The van der Waals surface area contributed by atoms with Crippen LogP contribution in [0.3, 0.4) is 0 Å². The smallest absolute Gasteiger partial charge is 0.0542 e. The van der Waals surface area contributed by atoms with Crippen molar-refractivity contribution in [2.45, 2.75) is 20.8 Å². The number of benzene rings is 10. The Kier molecular flexibility index (Phi) is 11.8. The molecule has 3 nitrogen and oxygen atoms in total. The largest absolute Gasteiger partial charge is 0.310 e. The lowest BCUT2D eigenvalue weighted by Crippen LogP contribution is -2.09. The summed E-state index contributed by atoms with van der Waals surface area (Å²) in [4.78, 5) is 2.34. The highest BCUT2D eigenvalue weighted by molar-refractivity contribution is 6.11. The molecule has 2 aromatic heterocycles. The summed E-state index contributed by atoms with van der Waals surface area (Å²) in [6.07, 6.45) is 0. The van der Waals surface area contributed by atoms with Crippen molar-refractivity contribution >= 4 is 60.7 Å². The summed E-state index contributed by atoms with van der Waals surface area (Å²) in [6, 6.07) is 90.4. The van der Waals surface area contributed by atoms with Gasteiger partial charge in [-0.15, -0.1) is 0 Å². The van der Waals surface area contributed by atoms with E-state index in [1.165, 1.54) is 82.8 Å². The molecule has 12 aromatic rings. The molecule has 0 fully saturated rings. The Morgan fingerprint density at radius 3 is 1.14 bits per heavy atom. The van der Waals surface area contributed by atoms with Crippen molar-refractivity contribution < 1.29 is 0 Å². The molecule has 12 rings (SSSR count). The number of hydrogen-bond acceptors (Lipinski definition) is 1. The van der Waals surface area contributed by atoms with Gasteiger partial charge in [0, 0.05) is 50.0 Å². The first-order chi connectivity index (χ1) is 32.5. The van der Waals surface area contributed by atoms with Gasteiger partial charge >= 0.3 is 0 Å². The molecule has 10 aromatic carbocycles. The Hall–Kier alpha value is -8.40. The van der Waals surface area contributed by atoms with Gasteiger partial charge in [0.1, 0.15) is 0 Å². The van der Waals surface area contributed by atoms with Gasteiger partial charge in [0.25, 0.3) is 0 Å². The fourth-order valence-electron chi connectivity index (χ4n) is 9.00. The maximum absolute atomic E-state index is 2.36. The minimum atomic E-state index is 1.13. The predicted molar refractivity (Wildman–Crippen MR) is 282 cm³/mol. The Morgan fingerprint density at radius 2 is 0.621 bits per heavy atom. The lowest BCUT2D eigenvalue weighted by atomic mass is 10.0. The molecule has 0 aliphatic heterocycles. The number of aromatic nitrogens is 2. The van der Waals surface area contributed by atoms with Crippen molar-refractivity contribution in [2.75, 3.05) is 4.90 Å². The third-order valence-corrected chi connectivity index (χ3v) is 12.2. The second-order valence-electron chi connectivity index (χ2n) is 16.8. The third-order valence-electron chi connectivity index (χ3n) is 12.2. The first-order valence-corrected chi connectivity index (χ1v) is 22.7. The van der Waals surface area contributed by atoms with E-state index in [9.17, 15) is 0 Å². The molecule has 0 spiro atoms. The van der Waals surface area contributed by atoms with Gasteiger partial charge < -0.3 is 14.0 Å². The number of aryl methyl sites for hydroxylation is 3. The van der Waals surface area contributed by atoms with Gasteiger partial charge in [-0.2, -0.15) is 0 Å². The summed E-state index contributed by atoms with van der Waals surface area (Å²) in [5.41, 5.74) is 17.1. The predicted octanol–water partition coefficient (Wildman–Crippen LogP) is 17.3. The molecular formula is C63H51N3. The summed E-state index contributed by atoms with van der Waals surface area (Å²) in [5.74, 6) is 0. The fourth-order valence-corrected chi connectivity index (χ4v) is 9.00. The molecule has 0 radical (unpaired) electrons. The molecule has 0 unspecified atom stereocenters. The van der Waals surface area contributed by atoms with Gasteiger partial charge in [-0.05, 0) is 123 Å².